The average molecular weight is 277 g/mol. The van der Waals surface area contributed by atoms with Gasteiger partial charge in [0.1, 0.15) is 6.04 Å². The van der Waals surface area contributed by atoms with Gasteiger partial charge in [0.25, 0.3) is 5.91 Å². The molecule has 0 spiro atoms. The van der Waals surface area contributed by atoms with Gasteiger partial charge in [0.15, 0.2) is 6.04 Å². The Kier molecular flexibility index (Phi) is 6.21. The van der Waals surface area contributed by atoms with E-state index in [-0.39, 0.29) is 11.9 Å². The molecule has 0 saturated carbocycles. The summed E-state index contributed by atoms with van der Waals surface area (Å²) in [4.78, 5) is 11.7. The van der Waals surface area contributed by atoms with E-state index in [1.165, 1.54) is 11.1 Å². The lowest BCUT2D eigenvalue weighted by Crippen LogP contribution is -2.93. The summed E-state index contributed by atoms with van der Waals surface area (Å²) < 4.78 is 0. The molecule has 0 saturated heterocycles. The zero-order valence-corrected chi connectivity index (χ0v) is 13.6. The van der Waals surface area contributed by atoms with Crippen LogP contribution in [0.3, 0.4) is 0 Å². The number of benzene rings is 1. The zero-order valence-electron chi connectivity index (χ0n) is 13.6. The van der Waals surface area contributed by atoms with Crippen molar-refractivity contribution in [3.63, 3.8) is 0 Å². The summed E-state index contributed by atoms with van der Waals surface area (Å²) in [6.45, 7) is 10.8. The summed E-state index contributed by atoms with van der Waals surface area (Å²) in [5.41, 5.74) is 2.65. The molecule has 0 aliphatic heterocycles. The number of nitrogens with two attached hydrogens (primary N) is 1. The average Bonchev–Trinajstić information content (AvgIpc) is 2.43. The minimum absolute atomic E-state index is 0.0721. The molecule has 2 atom stereocenters. The van der Waals surface area contributed by atoms with Gasteiger partial charge in [-0.2, -0.15) is 0 Å². The van der Waals surface area contributed by atoms with Crippen LogP contribution in [0.1, 0.15) is 57.7 Å². The molecular weight excluding hydrogens is 248 g/mol. The van der Waals surface area contributed by atoms with Crippen molar-refractivity contribution >= 4 is 5.91 Å². The molecule has 1 aromatic carbocycles. The summed E-state index contributed by atoms with van der Waals surface area (Å²) in [6.07, 6.45) is 0. The third-order valence-corrected chi connectivity index (χ3v) is 3.86. The second-order valence-electron chi connectivity index (χ2n) is 6.19. The fourth-order valence-electron chi connectivity index (χ4n) is 2.45. The first-order valence-electron chi connectivity index (χ1n) is 7.53. The van der Waals surface area contributed by atoms with Crippen molar-refractivity contribution in [2.75, 3.05) is 7.05 Å². The maximum absolute atomic E-state index is 11.7. The van der Waals surface area contributed by atoms with Crippen LogP contribution in [-0.4, -0.2) is 19.0 Å². The topological polar surface area (TPSA) is 45.7 Å². The Balaban J connectivity index is 2.88. The molecule has 0 radical (unpaired) electrons. The lowest BCUT2D eigenvalue weighted by molar-refractivity contribution is -0.719. The van der Waals surface area contributed by atoms with Gasteiger partial charge < -0.3 is 10.6 Å². The van der Waals surface area contributed by atoms with Crippen LogP contribution in [0.2, 0.25) is 0 Å². The lowest BCUT2D eigenvalue weighted by Gasteiger charge is -2.23. The van der Waals surface area contributed by atoms with Crippen LogP contribution in [0.4, 0.5) is 0 Å². The Hall–Kier alpha value is -1.35. The van der Waals surface area contributed by atoms with Crippen molar-refractivity contribution < 1.29 is 10.1 Å². The molecule has 3 nitrogen and oxygen atoms in total. The van der Waals surface area contributed by atoms with Gasteiger partial charge in [-0.15, -0.1) is 0 Å². The molecule has 0 fully saturated rings. The standard InChI is InChI=1S/C17H28N2O/c1-11(2)14-7-9-15(10-8-14)16(12(3)4)19-13(5)17(20)18-6/h7-13,16,19H,1-6H3,(H,18,20)/p+1/t13-,16-/m1/s1. The summed E-state index contributed by atoms with van der Waals surface area (Å²) >= 11 is 0. The van der Waals surface area contributed by atoms with Gasteiger partial charge in [0, 0.05) is 18.5 Å². The molecule has 20 heavy (non-hydrogen) atoms. The smallest absolute Gasteiger partial charge is 0.277 e. The fourth-order valence-corrected chi connectivity index (χ4v) is 2.45. The van der Waals surface area contributed by atoms with Crippen LogP contribution in [-0.2, 0) is 4.79 Å². The quantitative estimate of drug-likeness (QED) is 0.823. The number of carbonyl (C=O) groups is 1. The highest BCUT2D eigenvalue weighted by atomic mass is 16.2. The molecule has 0 heterocycles. The minimum atomic E-state index is -0.0721. The molecule has 1 amide bonds. The number of rotatable bonds is 6. The Bertz CT molecular complexity index is 423. The third kappa shape index (κ3) is 4.34. The SMILES string of the molecule is CNC(=O)[C@@H](C)[NH2+][C@@H](c1ccc(C(C)C)cc1)C(C)C. The van der Waals surface area contributed by atoms with Crippen LogP contribution >= 0.6 is 0 Å². The number of hydrogen-bond donors (Lipinski definition) is 2. The molecule has 0 aliphatic rings. The molecular formula is C17H29N2O+. The molecule has 112 valence electrons. The largest absolute Gasteiger partial charge is 0.354 e. The van der Waals surface area contributed by atoms with E-state index in [0.717, 1.165) is 0 Å². The first-order chi connectivity index (χ1) is 9.36. The van der Waals surface area contributed by atoms with Crippen molar-refractivity contribution in [2.45, 2.75) is 52.6 Å². The molecule has 3 heteroatoms. The molecule has 0 aromatic heterocycles. The number of amides is 1. The normalized spacial score (nSPS) is 14.4. The number of carbonyl (C=O) groups excluding carboxylic acids is 1. The first kappa shape index (κ1) is 16.7. The van der Waals surface area contributed by atoms with E-state index < -0.39 is 0 Å². The van der Waals surface area contributed by atoms with Gasteiger partial charge in [-0.25, -0.2) is 0 Å². The van der Waals surface area contributed by atoms with Crippen molar-refractivity contribution in [3.8, 4) is 0 Å². The number of hydrogen-bond acceptors (Lipinski definition) is 1. The second-order valence-corrected chi connectivity index (χ2v) is 6.19. The molecule has 0 aliphatic carbocycles. The second kappa shape index (κ2) is 7.44. The fraction of sp³-hybridized carbons (Fsp3) is 0.588. The van der Waals surface area contributed by atoms with E-state index in [2.05, 4.69) is 62.6 Å². The van der Waals surface area contributed by atoms with Gasteiger partial charge in [-0.05, 0) is 18.4 Å². The first-order valence-corrected chi connectivity index (χ1v) is 7.53. The third-order valence-electron chi connectivity index (χ3n) is 3.86. The molecule has 0 unspecified atom stereocenters. The predicted octanol–water partition coefficient (Wildman–Crippen LogP) is 2.21. The molecule has 1 rings (SSSR count). The van der Waals surface area contributed by atoms with Crippen molar-refractivity contribution in [2.24, 2.45) is 5.92 Å². The van der Waals surface area contributed by atoms with Crippen molar-refractivity contribution in [1.82, 2.24) is 5.32 Å². The summed E-state index contributed by atoms with van der Waals surface area (Å²) in [5, 5.41) is 4.87. The predicted molar refractivity (Wildman–Crippen MR) is 83.6 cm³/mol. The summed E-state index contributed by atoms with van der Waals surface area (Å²) in [6, 6.07) is 9.04. The maximum atomic E-state index is 11.7. The summed E-state index contributed by atoms with van der Waals surface area (Å²) in [7, 11) is 1.69. The number of nitrogens with one attached hydrogen (secondary N) is 1. The van der Waals surface area contributed by atoms with Gasteiger partial charge in [0.05, 0.1) is 0 Å². The molecule has 3 N–H and O–H groups in total. The number of likely N-dealkylation sites (N-methyl/N-ethyl adjacent to an activating group) is 1. The van der Waals surface area contributed by atoms with Crippen molar-refractivity contribution in [1.29, 1.82) is 0 Å². The van der Waals surface area contributed by atoms with Crippen LogP contribution in [0.5, 0.6) is 0 Å². The Morgan fingerprint density at radius 1 is 1.00 bits per heavy atom. The lowest BCUT2D eigenvalue weighted by atomic mass is 9.93. The van der Waals surface area contributed by atoms with E-state index in [9.17, 15) is 4.79 Å². The van der Waals surface area contributed by atoms with Crippen LogP contribution in [0.25, 0.3) is 0 Å². The maximum Gasteiger partial charge on any atom is 0.277 e. The monoisotopic (exact) mass is 277 g/mol. The Labute approximate surface area is 123 Å². The van der Waals surface area contributed by atoms with Gasteiger partial charge in [-0.1, -0.05) is 52.0 Å². The Morgan fingerprint density at radius 2 is 1.50 bits per heavy atom. The van der Waals surface area contributed by atoms with Gasteiger partial charge >= 0.3 is 0 Å². The van der Waals surface area contributed by atoms with Gasteiger partial charge in [-0.3, -0.25) is 4.79 Å². The van der Waals surface area contributed by atoms with E-state index in [4.69, 9.17) is 0 Å². The van der Waals surface area contributed by atoms with Crippen LogP contribution in [0.15, 0.2) is 24.3 Å². The zero-order chi connectivity index (χ0) is 15.3. The van der Waals surface area contributed by atoms with Gasteiger partial charge in [0.2, 0.25) is 0 Å². The highest BCUT2D eigenvalue weighted by Crippen LogP contribution is 2.21. The summed E-state index contributed by atoms with van der Waals surface area (Å²) in [5.74, 6) is 1.11. The van der Waals surface area contributed by atoms with E-state index in [0.29, 0.717) is 17.9 Å². The molecule has 1 aromatic rings. The van der Waals surface area contributed by atoms with Crippen LogP contribution in [0, 0.1) is 5.92 Å². The van der Waals surface area contributed by atoms with E-state index >= 15 is 0 Å². The van der Waals surface area contributed by atoms with E-state index in [1.807, 2.05) is 6.92 Å². The highest BCUT2D eigenvalue weighted by Gasteiger charge is 2.25. The van der Waals surface area contributed by atoms with E-state index in [1.54, 1.807) is 7.05 Å². The van der Waals surface area contributed by atoms with Crippen molar-refractivity contribution in [3.05, 3.63) is 35.4 Å². The number of quaternary nitrogens is 1. The highest BCUT2D eigenvalue weighted by molar-refractivity contribution is 5.79. The molecule has 0 bridgehead atoms. The minimum Gasteiger partial charge on any atom is -0.354 e. The van der Waals surface area contributed by atoms with Crippen LogP contribution < -0.4 is 10.6 Å². The Morgan fingerprint density at radius 3 is 1.90 bits per heavy atom.